The lowest BCUT2D eigenvalue weighted by Gasteiger charge is -2.09. The first kappa shape index (κ1) is 18.1. The van der Waals surface area contributed by atoms with Gasteiger partial charge in [0.25, 0.3) is 0 Å². The first-order valence-electron chi connectivity index (χ1n) is 8.46. The predicted molar refractivity (Wildman–Crippen MR) is 110 cm³/mol. The second-order valence-electron chi connectivity index (χ2n) is 5.82. The van der Waals surface area contributed by atoms with Crippen LogP contribution in [0.15, 0.2) is 69.4 Å². The Bertz CT molecular complexity index is 851. The summed E-state index contributed by atoms with van der Waals surface area (Å²) in [7, 11) is 2.00. The summed E-state index contributed by atoms with van der Waals surface area (Å²) >= 11 is 5.22. The number of thiazole rings is 1. The van der Waals surface area contributed by atoms with Crippen LogP contribution < -0.4 is 10.1 Å². The number of hydrogen-bond donors (Lipinski definition) is 1. The standard InChI is InChI=1S/C20H22BrN3S/c1-22-13-5-6-14-24-19(16-9-11-17(21)12-10-16)15-25-20(24)23-18-7-3-2-4-8-18/h2-4,7-12,15,22H,5-6,13-14H2,1H3. The molecule has 0 aliphatic carbocycles. The highest BCUT2D eigenvalue weighted by Gasteiger charge is 2.08. The quantitative estimate of drug-likeness (QED) is 0.527. The molecule has 130 valence electrons. The number of nitrogens with zero attached hydrogens (tertiary/aromatic N) is 2. The number of hydrogen-bond acceptors (Lipinski definition) is 3. The van der Waals surface area contributed by atoms with Gasteiger partial charge in [-0.2, -0.15) is 0 Å². The normalized spacial score (nSPS) is 11.8. The highest BCUT2D eigenvalue weighted by molar-refractivity contribution is 9.10. The number of aromatic nitrogens is 1. The molecule has 0 bridgehead atoms. The Morgan fingerprint density at radius 1 is 1.04 bits per heavy atom. The number of benzene rings is 2. The highest BCUT2D eigenvalue weighted by atomic mass is 79.9. The van der Waals surface area contributed by atoms with Gasteiger partial charge in [0.15, 0.2) is 4.80 Å². The maximum atomic E-state index is 4.86. The van der Waals surface area contributed by atoms with E-state index >= 15 is 0 Å². The van der Waals surface area contributed by atoms with Gasteiger partial charge in [0.05, 0.1) is 11.4 Å². The van der Waals surface area contributed by atoms with Crippen molar-refractivity contribution in [2.45, 2.75) is 19.4 Å². The second kappa shape index (κ2) is 9.13. The molecule has 3 rings (SSSR count). The zero-order chi connectivity index (χ0) is 17.5. The molecule has 0 unspecified atom stereocenters. The van der Waals surface area contributed by atoms with E-state index in [9.17, 15) is 0 Å². The minimum absolute atomic E-state index is 0.974. The van der Waals surface area contributed by atoms with Gasteiger partial charge in [0, 0.05) is 16.4 Å². The lowest BCUT2D eigenvalue weighted by Crippen LogP contribution is -2.17. The van der Waals surface area contributed by atoms with E-state index in [2.05, 4.69) is 55.5 Å². The molecular weight excluding hydrogens is 394 g/mol. The topological polar surface area (TPSA) is 29.3 Å². The molecule has 2 aromatic carbocycles. The second-order valence-corrected chi connectivity index (χ2v) is 7.57. The van der Waals surface area contributed by atoms with Gasteiger partial charge >= 0.3 is 0 Å². The zero-order valence-electron chi connectivity index (χ0n) is 14.3. The van der Waals surface area contributed by atoms with E-state index in [-0.39, 0.29) is 0 Å². The van der Waals surface area contributed by atoms with Crippen molar-refractivity contribution in [1.82, 2.24) is 9.88 Å². The van der Waals surface area contributed by atoms with E-state index in [0.717, 1.165) is 40.9 Å². The lowest BCUT2D eigenvalue weighted by atomic mass is 10.1. The molecule has 25 heavy (non-hydrogen) atoms. The monoisotopic (exact) mass is 415 g/mol. The molecule has 0 spiro atoms. The molecule has 1 heterocycles. The van der Waals surface area contributed by atoms with Gasteiger partial charge in [-0.15, -0.1) is 11.3 Å². The van der Waals surface area contributed by atoms with Crippen molar-refractivity contribution in [3.8, 4) is 11.3 Å². The van der Waals surface area contributed by atoms with E-state index in [0.29, 0.717) is 0 Å². The zero-order valence-corrected chi connectivity index (χ0v) is 16.7. The molecular formula is C20H22BrN3S. The third-order valence-electron chi connectivity index (χ3n) is 3.98. The number of rotatable bonds is 7. The minimum Gasteiger partial charge on any atom is -0.320 e. The Labute approximate surface area is 161 Å². The number of para-hydroxylation sites is 1. The van der Waals surface area contributed by atoms with Gasteiger partial charge in [0.2, 0.25) is 0 Å². The Hall–Kier alpha value is -1.69. The summed E-state index contributed by atoms with van der Waals surface area (Å²) in [5, 5.41) is 5.43. The number of nitrogens with one attached hydrogen (secondary N) is 1. The van der Waals surface area contributed by atoms with Crippen molar-refractivity contribution in [2.75, 3.05) is 13.6 Å². The fraction of sp³-hybridized carbons (Fsp3) is 0.250. The van der Waals surface area contributed by atoms with Crippen LogP contribution in [0.2, 0.25) is 0 Å². The predicted octanol–water partition coefficient (Wildman–Crippen LogP) is 5.21. The number of unbranched alkanes of at least 4 members (excludes halogenated alkanes) is 1. The highest BCUT2D eigenvalue weighted by Crippen LogP contribution is 2.23. The summed E-state index contributed by atoms with van der Waals surface area (Å²) in [5.41, 5.74) is 3.45. The van der Waals surface area contributed by atoms with Crippen LogP contribution in [0.1, 0.15) is 12.8 Å². The molecule has 1 N–H and O–H groups in total. The van der Waals surface area contributed by atoms with Crippen molar-refractivity contribution < 1.29 is 0 Å². The van der Waals surface area contributed by atoms with Gasteiger partial charge in [0.1, 0.15) is 0 Å². The first-order valence-corrected chi connectivity index (χ1v) is 10.1. The minimum atomic E-state index is 0.974. The fourth-order valence-corrected chi connectivity index (χ4v) is 3.89. The Kier molecular flexibility index (Phi) is 6.62. The van der Waals surface area contributed by atoms with E-state index in [1.54, 1.807) is 11.3 Å². The van der Waals surface area contributed by atoms with Crippen LogP contribution in [0, 0.1) is 0 Å². The average molecular weight is 416 g/mol. The molecule has 3 aromatic rings. The van der Waals surface area contributed by atoms with Crippen LogP contribution in [0.25, 0.3) is 11.3 Å². The maximum absolute atomic E-state index is 4.86. The van der Waals surface area contributed by atoms with Crippen LogP contribution >= 0.6 is 27.3 Å². The molecule has 0 saturated heterocycles. The molecule has 3 nitrogen and oxygen atoms in total. The van der Waals surface area contributed by atoms with Crippen molar-refractivity contribution >= 4 is 33.0 Å². The lowest BCUT2D eigenvalue weighted by molar-refractivity contribution is 0.586. The molecule has 0 saturated carbocycles. The van der Waals surface area contributed by atoms with Gasteiger partial charge in [-0.25, -0.2) is 4.99 Å². The molecule has 0 atom stereocenters. The van der Waals surface area contributed by atoms with Gasteiger partial charge < -0.3 is 9.88 Å². The van der Waals surface area contributed by atoms with E-state index in [4.69, 9.17) is 4.99 Å². The van der Waals surface area contributed by atoms with Gasteiger partial charge in [-0.05, 0) is 56.3 Å². The molecule has 0 fully saturated rings. The molecule has 0 aliphatic rings. The van der Waals surface area contributed by atoms with Crippen molar-refractivity contribution in [3.05, 3.63) is 69.3 Å². The van der Waals surface area contributed by atoms with E-state index in [1.807, 2.05) is 37.4 Å². The maximum Gasteiger partial charge on any atom is 0.190 e. The third kappa shape index (κ3) is 4.91. The molecule has 5 heteroatoms. The number of halogens is 1. The molecule has 0 aliphatic heterocycles. The third-order valence-corrected chi connectivity index (χ3v) is 5.37. The molecule has 0 radical (unpaired) electrons. The van der Waals surface area contributed by atoms with Crippen LogP contribution in [0.3, 0.4) is 0 Å². The summed E-state index contributed by atoms with van der Waals surface area (Å²) in [5.74, 6) is 0. The van der Waals surface area contributed by atoms with Crippen molar-refractivity contribution in [3.63, 3.8) is 0 Å². The average Bonchev–Trinajstić information content (AvgIpc) is 3.03. The largest absolute Gasteiger partial charge is 0.320 e. The SMILES string of the molecule is CNCCCCn1c(-c2ccc(Br)cc2)csc1=Nc1ccccc1. The van der Waals surface area contributed by atoms with Gasteiger partial charge in [-0.3, -0.25) is 0 Å². The van der Waals surface area contributed by atoms with E-state index in [1.165, 1.54) is 11.3 Å². The Morgan fingerprint density at radius 2 is 1.80 bits per heavy atom. The fourth-order valence-electron chi connectivity index (χ4n) is 2.67. The van der Waals surface area contributed by atoms with E-state index < -0.39 is 0 Å². The molecule has 1 aromatic heterocycles. The van der Waals surface area contributed by atoms with Crippen LogP contribution in [-0.4, -0.2) is 18.2 Å². The summed E-state index contributed by atoms with van der Waals surface area (Å²) in [6.07, 6.45) is 2.28. The first-order chi connectivity index (χ1) is 12.3. The summed E-state index contributed by atoms with van der Waals surface area (Å²) in [4.78, 5) is 5.91. The van der Waals surface area contributed by atoms with Crippen LogP contribution in [0.5, 0.6) is 0 Å². The van der Waals surface area contributed by atoms with Crippen LogP contribution in [-0.2, 0) is 6.54 Å². The van der Waals surface area contributed by atoms with Gasteiger partial charge in [-0.1, -0.05) is 46.3 Å². The summed E-state index contributed by atoms with van der Waals surface area (Å²) < 4.78 is 3.44. The Balaban J connectivity index is 1.97. The van der Waals surface area contributed by atoms with Crippen molar-refractivity contribution in [2.24, 2.45) is 4.99 Å². The molecule has 0 amide bonds. The van der Waals surface area contributed by atoms with Crippen molar-refractivity contribution in [1.29, 1.82) is 0 Å². The summed E-state index contributed by atoms with van der Waals surface area (Å²) in [6.45, 7) is 2.02. The van der Waals surface area contributed by atoms with Crippen LogP contribution in [0.4, 0.5) is 5.69 Å². The smallest absolute Gasteiger partial charge is 0.190 e. The summed E-state index contributed by atoms with van der Waals surface area (Å²) in [6, 6.07) is 18.7. The Morgan fingerprint density at radius 3 is 2.52 bits per heavy atom.